The van der Waals surface area contributed by atoms with Crippen LogP contribution in [-0.4, -0.2) is 5.92 Å². The molecule has 2 unspecified atom stereocenters. The summed E-state index contributed by atoms with van der Waals surface area (Å²) in [5.41, 5.74) is 9.85. The van der Waals surface area contributed by atoms with Gasteiger partial charge in [-0.25, -0.2) is 0 Å². The average Bonchev–Trinajstić information content (AvgIpc) is 3.26. The van der Waals surface area contributed by atoms with Gasteiger partial charge in [-0.05, 0) is 0 Å². The van der Waals surface area contributed by atoms with Gasteiger partial charge in [0, 0.05) is 0 Å². The third-order valence-corrected chi connectivity index (χ3v) is 60.3. The van der Waals surface area contributed by atoms with Crippen molar-refractivity contribution in [3.8, 4) is 0 Å². The van der Waals surface area contributed by atoms with E-state index >= 15 is 0 Å². The molecule has 0 N–H and O–H groups in total. The van der Waals surface area contributed by atoms with E-state index < -0.39 is 21.5 Å². The molecule has 0 nitrogen and oxygen atoms in total. The zero-order valence-corrected chi connectivity index (χ0v) is 23.3. The fourth-order valence-electron chi connectivity index (χ4n) is 6.77. The van der Waals surface area contributed by atoms with Crippen LogP contribution in [0.3, 0.4) is 0 Å². The zero-order chi connectivity index (χ0) is 20.1. The molecule has 0 radical (unpaired) electrons. The summed E-state index contributed by atoms with van der Waals surface area (Å²) >= 11 is -4.20. The molecule has 0 aromatic carbocycles. The first-order chi connectivity index (χ1) is 13.3. The van der Waals surface area contributed by atoms with Gasteiger partial charge in [0.15, 0.2) is 0 Å². The molecule has 0 saturated carbocycles. The Labute approximate surface area is 181 Å². The first kappa shape index (κ1) is 21.9. The molecule has 0 aromatic rings. The Hall–Kier alpha value is 0.640. The van der Waals surface area contributed by atoms with Crippen LogP contribution in [0.2, 0.25) is 20.3 Å². The molecule has 155 valence electrons. The van der Waals surface area contributed by atoms with Gasteiger partial charge in [-0.1, -0.05) is 0 Å². The van der Waals surface area contributed by atoms with Gasteiger partial charge in [0.25, 0.3) is 0 Å². The van der Waals surface area contributed by atoms with Gasteiger partial charge in [-0.15, -0.1) is 0 Å². The van der Waals surface area contributed by atoms with Crippen LogP contribution < -0.4 is 0 Å². The van der Waals surface area contributed by atoms with E-state index in [0.717, 1.165) is 12.8 Å². The van der Waals surface area contributed by atoms with Crippen LogP contribution in [0.1, 0.15) is 78.1 Å². The van der Waals surface area contributed by atoms with E-state index in [2.05, 4.69) is 39.1 Å². The van der Waals surface area contributed by atoms with Crippen LogP contribution in [0.4, 0.5) is 0 Å². The first-order valence-electron chi connectivity index (χ1n) is 11.7. The van der Waals surface area contributed by atoms with Crippen molar-refractivity contribution >= 4 is 22.9 Å². The maximum absolute atomic E-state index is 8.22. The van der Waals surface area contributed by atoms with E-state index in [1.54, 1.807) is 33.4 Å². The monoisotopic (exact) mass is 513 g/mol. The molecule has 4 aliphatic carbocycles. The Balaban J connectivity index is 1.91. The summed E-state index contributed by atoms with van der Waals surface area (Å²) in [7, 11) is 16.4. The Kier molecular flexibility index (Phi) is 6.21. The average molecular weight is 516 g/mol. The van der Waals surface area contributed by atoms with Crippen LogP contribution >= 0.6 is 17.0 Å². The minimum absolute atomic E-state index is 0.436. The van der Waals surface area contributed by atoms with Crippen molar-refractivity contribution in [1.29, 1.82) is 0 Å². The van der Waals surface area contributed by atoms with Gasteiger partial charge >= 0.3 is 182 Å². The van der Waals surface area contributed by atoms with Crippen molar-refractivity contribution in [3.63, 3.8) is 0 Å². The standard InChI is InChI=1S/2C11H15.C2H7Si.2ClH.Zr/c2*1-2-9-7-10-5-3-4-6-11(10)8-9;1-3-2;;;/h2*7-8H,2-6H2,1H3;3H,1-2H3;2*1H;/q;;;;;+2/p-2. The van der Waals surface area contributed by atoms with E-state index in [9.17, 15) is 0 Å². The van der Waals surface area contributed by atoms with Crippen molar-refractivity contribution in [2.75, 3.05) is 0 Å². The normalized spacial score (nSPS) is 29.5. The zero-order valence-electron chi connectivity index (χ0n) is 18.2. The van der Waals surface area contributed by atoms with E-state index in [-0.39, 0.29) is 0 Å². The fraction of sp³-hybridized carbons (Fsp3) is 0.667. The van der Waals surface area contributed by atoms with E-state index in [0.29, 0.717) is 7.25 Å². The molecule has 28 heavy (non-hydrogen) atoms. The predicted octanol–water partition coefficient (Wildman–Crippen LogP) is 8.99. The molecular weight excluding hydrogens is 478 g/mol. The van der Waals surface area contributed by atoms with Gasteiger partial charge in [0.2, 0.25) is 0 Å². The Bertz CT molecular complexity index is 739. The molecule has 2 atom stereocenters. The summed E-state index contributed by atoms with van der Waals surface area (Å²) in [5, 5.41) is 0. The summed E-state index contributed by atoms with van der Waals surface area (Å²) in [5.74, 6) is -1.27. The van der Waals surface area contributed by atoms with Crippen molar-refractivity contribution < 1.29 is 15.6 Å². The first-order valence-corrected chi connectivity index (χ1v) is 28.1. The van der Waals surface area contributed by atoms with Crippen molar-refractivity contribution in [3.05, 3.63) is 45.6 Å². The van der Waals surface area contributed by atoms with Gasteiger partial charge in [0.05, 0.1) is 0 Å². The summed E-state index contributed by atoms with van der Waals surface area (Å²) in [4.78, 5) is 0. The van der Waals surface area contributed by atoms with Crippen LogP contribution in [0.15, 0.2) is 45.6 Å². The molecule has 0 spiro atoms. The maximum atomic E-state index is 8.22. The van der Waals surface area contributed by atoms with E-state index in [1.165, 1.54) is 51.4 Å². The number of hydrogen-bond acceptors (Lipinski definition) is 0. The van der Waals surface area contributed by atoms with Crippen LogP contribution in [0.5, 0.6) is 0 Å². The third kappa shape index (κ3) is 3.14. The quantitative estimate of drug-likeness (QED) is 0.321. The molecule has 4 heteroatoms. The summed E-state index contributed by atoms with van der Waals surface area (Å²) < 4.78 is 0.871. The summed E-state index contributed by atoms with van der Waals surface area (Å²) in [6.45, 7) is 9.65. The molecule has 0 aliphatic heterocycles. The fourth-order valence-corrected chi connectivity index (χ4v) is 39.9. The minimum atomic E-state index is -4.20. The second-order valence-electron chi connectivity index (χ2n) is 9.91. The van der Waals surface area contributed by atoms with Gasteiger partial charge in [-0.2, -0.15) is 0 Å². The van der Waals surface area contributed by atoms with Crippen LogP contribution in [-0.2, 0) is 15.6 Å². The third-order valence-electron chi connectivity index (χ3n) is 8.29. The topological polar surface area (TPSA) is 0 Å². The molecule has 4 aliphatic rings. The van der Waals surface area contributed by atoms with Crippen LogP contribution in [0, 0.1) is 0 Å². The second kappa shape index (κ2) is 7.96. The van der Waals surface area contributed by atoms with Gasteiger partial charge in [-0.3, -0.25) is 0 Å². The molecule has 0 amide bonds. The number of allylic oxidation sites excluding steroid dienone is 8. The number of halogens is 2. The molecule has 0 fully saturated rings. The number of rotatable bonds is 5. The number of hydrogen-bond donors (Lipinski definition) is 0. The van der Waals surface area contributed by atoms with Crippen LogP contribution in [0.25, 0.3) is 0 Å². The molecule has 0 aromatic heterocycles. The van der Waals surface area contributed by atoms with Crippen molar-refractivity contribution in [1.82, 2.24) is 0 Å². The SMILES string of the molecule is CCC1=CC2=C(CCCC2)[CH]1[Zr]([Cl])([Cl])([CH]1C(CC)=CC2=C1CCCC2)[SiH](C)C. The van der Waals surface area contributed by atoms with Gasteiger partial charge in [0.1, 0.15) is 0 Å². The molecule has 0 saturated heterocycles. The Morgan fingerprint density at radius 3 is 1.54 bits per heavy atom. The molecular formula is C24H37Cl2SiZr. The molecule has 4 rings (SSSR count). The van der Waals surface area contributed by atoms with E-state index in [4.69, 9.17) is 17.0 Å². The Morgan fingerprint density at radius 2 is 1.18 bits per heavy atom. The molecule has 0 bridgehead atoms. The second-order valence-corrected chi connectivity index (χ2v) is 52.4. The summed E-state index contributed by atoms with van der Waals surface area (Å²) in [6.07, 6.45) is 17.7. The van der Waals surface area contributed by atoms with E-state index in [1.807, 2.05) is 0 Å². The Morgan fingerprint density at radius 1 is 0.786 bits per heavy atom. The summed E-state index contributed by atoms with van der Waals surface area (Å²) in [6, 6.07) is 0. The van der Waals surface area contributed by atoms with Gasteiger partial charge < -0.3 is 0 Å². The molecule has 0 heterocycles. The predicted molar refractivity (Wildman–Crippen MR) is 126 cm³/mol. The van der Waals surface area contributed by atoms with Crippen molar-refractivity contribution in [2.24, 2.45) is 0 Å². The van der Waals surface area contributed by atoms with Crippen molar-refractivity contribution in [2.45, 2.75) is 98.4 Å².